The van der Waals surface area contributed by atoms with Gasteiger partial charge in [0.15, 0.2) is 0 Å². The predicted molar refractivity (Wildman–Crippen MR) is 86.3 cm³/mol. The SMILES string of the molecule is C=NC=Nc1c(C)ccc2c1Cc1ccccc1C2=C. The molecule has 0 aromatic heterocycles. The van der Waals surface area contributed by atoms with E-state index < -0.39 is 0 Å². The highest BCUT2D eigenvalue weighted by molar-refractivity contribution is 5.87. The first kappa shape index (κ1) is 12.5. The number of nitrogens with zero attached hydrogens (tertiary/aromatic N) is 2. The van der Waals surface area contributed by atoms with Crippen LogP contribution in [0.3, 0.4) is 0 Å². The highest BCUT2D eigenvalue weighted by Gasteiger charge is 2.21. The number of aryl methyl sites for hydroxylation is 1. The molecule has 3 rings (SSSR count). The van der Waals surface area contributed by atoms with Crippen LogP contribution in [0.2, 0.25) is 0 Å². The monoisotopic (exact) mass is 260 g/mol. The van der Waals surface area contributed by atoms with Gasteiger partial charge in [-0.05, 0) is 47.0 Å². The predicted octanol–water partition coefficient (Wildman–Crippen LogP) is 4.32. The molecule has 2 heteroatoms. The fraction of sp³-hybridized carbons (Fsp3) is 0.111. The van der Waals surface area contributed by atoms with E-state index in [9.17, 15) is 0 Å². The molecule has 1 aliphatic carbocycles. The zero-order valence-corrected chi connectivity index (χ0v) is 11.6. The molecule has 0 bridgehead atoms. The van der Waals surface area contributed by atoms with Gasteiger partial charge in [0.1, 0.15) is 6.34 Å². The molecule has 0 unspecified atom stereocenters. The van der Waals surface area contributed by atoms with Crippen LogP contribution in [0, 0.1) is 6.92 Å². The van der Waals surface area contributed by atoms with Gasteiger partial charge in [-0.2, -0.15) is 0 Å². The van der Waals surface area contributed by atoms with Gasteiger partial charge >= 0.3 is 0 Å². The van der Waals surface area contributed by atoms with Crippen molar-refractivity contribution in [3.63, 3.8) is 0 Å². The Morgan fingerprint density at radius 1 is 1.10 bits per heavy atom. The number of benzene rings is 2. The Labute approximate surface area is 119 Å². The van der Waals surface area contributed by atoms with Crippen molar-refractivity contribution >= 4 is 24.3 Å². The van der Waals surface area contributed by atoms with E-state index in [0.29, 0.717) is 0 Å². The van der Waals surface area contributed by atoms with E-state index in [-0.39, 0.29) is 0 Å². The minimum absolute atomic E-state index is 0.885. The van der Waals surface area contributed by atoms with Crippen molar-refractivity contribution in [2.75, 3.05) is 0 Å². The lowest BCUT2D eigenvalue weighted by Crippen LogP contribution is -2.06. The summed E-state index contributed by atoms with van der Waals surface area (Å²) in [6.07, 6.45) is 2.39. The Kier molecular flexibility index (Phi) is 3.07. The first-order chi connectivity index (χ1) is 9.72. The van der Waals surface area contributed by atoms with E-state index in [1.165, 1.54) is 28.6 Å². The van der Waals surface area contributed by atoms with Gasteiger partial charge in [-0.3, -0.25) is 4.99 Å². The molecule has 2 aromatic carbocycles. The maximum absolute atomic E-state index is 4.45. The van der Waals surface area contributed by atoms with Crippen LogP contribution in [0.1, 0.15) is 27.8 Å². The van der Waals surface area contributed by atoms with Crippen LogP contribution in [-0.2, 0) is 6.42 Å². The topological polar surface area (TPSA) is 24.7 Å². The maximum Gasteiger partial charge on any atom is 0.115 e. The van der Waals surface area contributed by atoms with Crippen molar-refractivity contribution < 1.29 is 0 Å². The molecule has 0 N–H and O–H groups in total. The fourth-order valence-electron chi connectivity index (χ4n) is 2.80. The van der Waals surface area contributed by atoms with Crippen LogP contribution in [0.15, 0.2) is 53.0 Å². The molecule has 2 nitrogen and oxygen atoms in total. The van der Waals surface area contributed by atoms with Gasteiger partial charge in [0, 0.05) is 6.42 Å². The zero-order valence-electron chi connectivity index (χ0n) is 11.6. The fourth-order valence-corrected chi connectivity index (χ4v) is 2.80. The van der Waals surface area contributed by atoms with Gasteiger partial charge in [-0.25, -0.2) is 4.99 Å². The smallest absolute Gasteiger partial charge is 0.115 e. The summed E-state index contributed by atoms with van der Waals surface area (Å²) in [4.78, 5) is 8.17. The van der Waals surface area contributed by atoms with E-state index in [1.807, 2.05) is 0 Å². The lowest BCUT2D eigenvalue weighted by molar-refractivity contribution is 1.12. The van der Waals surface area contributed by atoms with Gasteiger partial charge in [-0.1, -0.05) is 43.0 Å². The van der Waals surface area contributed by atoms with Crippen molar-refractivity contribution in [1.29, 1.82) is 0 Å². The highest BCUT2D eigenvalue weighted by Crippen LogP contribution is 2.40. The van der Waals surface area contributed by atoms with Gasteiger partial charge in [0.05, 0.1) is 5.69 Å². The Balaban J connectivity index is 2.22. The van der Waals surface area contributed by atoms with Crippen LogP contribution in [0.4, 0.5) is 5.69 Å². The lowest BCUT2D eigenvalue weighted by atomic mass is 9.81. The van der Waals surface area contributed by atoms with Crippen LogP contribution >= 0.6 is 0 Å². The molecule has 0 amide bonds. The summed E-state index contributed by atoms with van der Waals surface area (Å²) in [5.41, 5.74) is 8.17. The number of hydrogen-bond donors (Lipinski definition) is 0. The minimum atomic E-state index is 0.885. The number of fused-ring (bicyclic) bond motifs is 2. The maximum atomic E-state index is 4.45. The van der Waals surface area contributed by atoms with Crippen molar-refractivity contribution in [2.24, 2.45) is 9.98 Å². The molecule has 20 heavy (non-hydrogen) atoms. The third-order valence-electron chi connectivity index (χ3n) is 3.79. The third kappa shape index (κ3) is 1.90. The van der Waals surface area contributed by atoms with E-state index in [1.54, 1.807) is 0 Å². The normalized spacial score (nSPS) is 13.2. The average Bonchev–Trinajstić information content (AvgIpc) is 2.47. The van der Waals surface area contributed by atoms with E-state index >= 15 is 0 Å². The second-order valence-electron chi connectivity index (χ2n) is 5.00. The van der Waals surface area contributed by atoms with Crippen molar-refractivity contribution in [1.82, 2.24) is 0 Å². The van der Waals surface area contributed by atoms with Crippen LogP contribution in [-0.4, -0.2) is 13.1 Å². The first-order valence-electron chi connectivity index (χ1n) is 6.60. The van der Waals surface area contributed by atoms with Crippen molar-refractivity contribution in [3.05, 3.63) is 70.8 Å². The largest absolute Gasteiger partial charge is 0.253 e. The molecule has 0 atom stereocenters. The highest BCUT2D eigenvalue weighted by atomic mass is 14.8. The molecule has 98 valence electrons. The van der Waals surface area contributed by atoms with Crippen LogP contribution in [0.25, 0.3) is 5.57 Å². The summed E-state index contributed by atoms with van der Waals surface area (Å²) in [5.74, 6) is 0. The summed E-state index contributed by atoms with van der Waals surface area (Å²) in [6, 6.07) is 12.7. The van der Waals surface area contributed by atoms with E-state index in [2.05, 4.69) is 66.6 Å². The first-order valence-corrected chi connectivity index (χ1v) is 6.60. The van der Waals surface area contributed by atoms with Crippen LogP contribution < -0.4 is 0 Å². The number of hydrogen-bond acceptors (Lipinski definition) is 1. The summed E-state index contributed by atoms with van der Waals surface area (Å²) in [7, 11) is 0. The van der Waals surface area contributed by atoms with Crippen molar-refractivity contribution in [2.45, 2.75) is 13.3 Å². The van der Waals surface area contributed by atoms with Gasteiger partial charge in [-0.15, -0.1) is 0 Å². The molecule has 0 fully saturated rings. The van der Waals surface area contributed by atoms with E-state index in [0.717, 1.165) is 23.2 Å². The number of aliphatic imine (C=N–C) groups is 2. The molecule has 1 aliphatic rings. The second kappa shape index (κ2) is 4.89. The summed E-state index contributed by atoms with van der Waals surface area (Å²) >= 11 is 0. The van der Waals surface area contributed by atoms with Gasteiger partial charge in [0.25, 0.3) is 0 Å². The molecule has 0 heterocycles. The Bertz CT molecular complexity index is 739. The molecule has 0 saturated carbocycles. The zero-order chi connectivity index (χ0) is 14.1. The van der Waals surface area contributed by atoms with Crippen molar-refractivity contribution in [3.8, 4) is 0 Å². The Morgan fingerprint density at radius 3 is 2.70 bits per heavy atom. The van der Waals surface area contributed by atoms with Crippen LogP contribution in [0.5, 0.6) is 0 Å². The Hall–Kier alpha value is -2.48. The molecular formula is C18H16N2. The quantitative estimate of drug-likeness (QED) is 0.484. The molecule has 0 aliphatic heterocycles. The summed E-state index contributed by atoms with van der Waals surface area (Å²) in [6.45, 7) is 9.78. The molecule has 2 aromatic rings. The standard InChI is InChI=1S/C18H16N2/c1-12-8-9-16-13(2)15-7-5-4-6-14(15)10-17(16)18(12)20-11-19-3/h4-9,11H,2-3,10H2,1H3. The van der Waals surface area contributed by atoms with Gasteiger partial charge < -0.3 is 0 Å². The molecule has 0 spiro atoms. The molecular weight excluding hydrogens is 244 g/mol. The van der Waals surface area contributed by atoms with E-state index in [4.69, 9.17) is 0 Å². The summed E-state index contributed by atoms with van der Waals surface area (Å²) in [5, 5.41) is 0. The second-order valence-corrected chi connectivity index (χ2v) is 5.00. The van der Waals surface area contributed by atoms with Gasteiger partial charge in [0.2, 0.25) is 0 Å². The molecule has 0 saturated heterocycles. The lowest BCUT2D eigenvalue weighted by Gasteiger charge is -2.24. The third-order valence-corrected chi connectivity index (χ3v) is 3.79. The minimum Gasteiger partial charge on any atom is -0.253 e. The number of rotatable bonds is 2. The summed E-state index contributed by atoms with van der Waals surface area (Å²) < 4.78 is 0. The Morgan fingerprint density at radius 2 is 1.90 bits per heavy atom. The molecule has 0 radical (unpaired) electrons. The average molecular weight is 260 g/mol.